The Hall–Kier alpha value is -1.08. The van der Waals surface area contributed by atoms with Crippen molar-refractivity contribution >= 4 is 12.6 Å². The number of rotatable bonds is 6. The molecule has 0 fully saturated rings. The molecule has 0 spiro atoms. The van der Waals surface area contributed by atoms with Gasteiger partial charge in [-0.25, -0.2) is 0 Å². The zero-order valence-electron chi connectivity index (χ0n) is 10.3. The van der Waals surface area contributed by atoms with Crippen LogP contribution in [0.1, 0.15) is 24.5 Å². The van der Waals surface area contributed by atoms with E-state index in [1.165, 1.54) is 0 Å². The molecule has 1 aromatic rings. The quantitative estimate of drug-likeness (QED) is 0.468. The lowest BCUT2D eigenvalue weighted by molar-refractivity contribution is 0.198. The van der Waals surface area contributed by atoms with Crippen LogP contribution in [0.4, 0.5) is 0 Å². The predicted octanol–water partition coefficient (Wildman–Crippen LogP) is -0.478. The highest BCUT2D eigenvalue weighted by molar-refractivity contribution is 6.62. The van der Waals surface area contributed by atoms with Crippen LogP contribution < -0.4 is 21.7 Å². The molecule has 0 saturated carbocycles. The first-order valence-corrected chi connectivity index (χ1v) is 6.27. The molecule has 0 aliphatic carbocycles. The van der Waals surface area contributed by atoms with Crippen LogP contribution in [0.3, 0.4) is 0 Å². The molecule has 0 aromatic heterocycles. The molecule has 18 heavy (non-hydrogen) atoms. The normalized spacial score (nSPS) is 17.9. The Morgan fingerprint density at radius 3 is 2.89 bits per heavy atom. The van der Waals surface area contributed by atoms with E-state index >= 15 is 0 Å². The van der Waals surface area contributed by atoms with Crippen LogP contribution in [0.2, 0.25) is 0 Å². The molecule has 1 aliphatic rings. The SMILES string of the molecule is NCCCCOc1cccc2c1B(O)OC2CN. The summed E-state index contributed by atoms with van der Waals surface area (Å²) in [5.74, 6) is 0.674. The summed E-state index contributed by atoms with van der Waals surface area (Å²) in [6.07, 6.45) is 1.58. The third-order valence-corrected chi connectivity index (χ3v) is 3.06. The van der Waals surface area contributed by atoms with E-state index in [0.29, 0.717) is 30.9 Å². The Bertz CT molecular complexity index is 403. The van der Waals surface area contributed by atoms with Crippen LogP contribution in [-0.4, -0.2) is 31.8 Å². The van der Waals surface area contributed by atoms with Crippen molar-refractivity contribution in [1.29, 1.82) is 0 Å². The van der Waals surface area contributed by atoms with Crippen molar-refractivity contribution in [1.82, 2.24) is 0 Å². The van der Waals surface area contributed by atoms with Gasteiger partial charge in [-0.05, 0) is 31.0 Å². The molecule has 1 atom stereocenters. The molecule has 0 radical (unpaired) electrons. The van der Waals surface area contributed by atoms with Gasteiger partial charge in [-0.15, -0.1) is 0 Å². The Balaban J connectivity index is 2.10. The molecule has 98 valence electrons. The van der Waals surface area contributed by atoms with E-state index in [4.69, 9.17) is 20.9 Å². The second-order valence-corrected chi connectivity index (χ2v) is 4.32. The largest absolute Gasteiger partial charge is 0.495 e. The third kappa shape index (κ3) is 2.67. The van der Waals surface area contributed by atoms with E-state index in [0.717, 1.165) is 18.4 Å². The smallest absolute Gasteiger partial charge is 0.494 e. The zero-order valence-corrected chi connectivity index (χ0v) is 10.3. The average Bonchev–Trinajstić information content (AvgIpc) is 2.72. The molecule has 2 rings (SSSR count). The highest BCUT2D eigenvalue weighted by Gasteiger charge is 2.37. The van der Waals surface area contributed by atoms with E-state index in [1.807, 2.05) is 18.2 Å². The van der Waals surface area contributed by atoms with Gasteiger partial charge in [0.15, 0.2) is 0 Å². The van der Waals surface area contributed by atoms with Crippen LogP contribution in [0, 0.1) is 0 Å². The van der Waals surface area contributed by atoms with Gasteiger partial charge >= 0.3 is 7.12 Å². The van der Waals surface area contributed by atoms with Crippen molar-refractivity contribution < 1.29 is 14.4 Å². The number of fused-ring (bicyclic) bond motifs is 1. The molecule has 6 heteroatoms. The van der Waals surface area contributed by atoms with E-state index < -0.39 is 7.12 Å². The minimum atomic E-state index is -0.945. The summed E-state index contributed by atoms with van der Waals surface area (Å²) in [5, 5.41) is 9.89. The van der Waals surface area contributed by atoms with Crippen molar-refractivity contribution in [2.24, 2.45) is 11.5 Å². The summed E-state index contributed by atoms with van der Waals surface area (Å²) in [6.45, 7) is 1.60. The number of nitrogens with two attached hydrogens (primary N) is 2. The fourth-order valence-electron chi connectivity index (χ4n) is 2.14. The lowest BCUT2D eigenvalue weighted by Crippen LogP contribution is -2.30. The van der Waals surface area contributed by atoms with Gasteiger partial charge in [-0.2, -0.15) is 0 Å². The van der Waals surface area contributed by atoms with Crippen molar-refractivity contribution in [3.05, 3.63) is 23.8 Å². The van der Waals surface area contributed by atoms with Crippen LogP contribution in [0.5, 0.6) is 5.75 Å². The van der Waals surface area contributed by atoms with Gasteiger partial charge in [0.1, 0.15) is 5.75 Å². The second-order valence-electron chi connectivity index (χ2n) is 4.32. The molecule has 5 nitrogen and oxygen atoms in total. The topological polar surface area (TPSA) is 90.7 Å². The van der Waals surface area contributed by atoms with Gasteiger partial charge in [-0.3, -0.25) is 0 Å². The molecule has 1 heterocycles. The summed E-state index contributed by atoms with van der Waals surface area (Å²) in [4.78, 5) is 0. The number of hydrogen-bond donors (Lipinski definition) is 3. The maximum absolute atomic E-state index is 9.89. The van der Waals surface area contributed by atoms with Gasteiger partial charge in [0, 0.05) is 12.0 Å². The molecule has 0 bridgehead atoms. The van der Waals surface area contributed by atoms with Crippen molar-refractivity contribution in [2.45, 2.75) is 18.9 Å². The molecule has 1 aromatic carbocycles. The Morgan fingerprint density at radius 1 is 1.33 bits per heavy atom. The van der Waals surface area contributed by atoms with Gasteiger partial charge in [0.25, 0.3) is 0 Å². The first-order valence-electron chi connectivity index (χ1n) is 6.27. The number of benzene rings is 1. The standard InChI is InChI=1S/C12H19BN2O3/c14-6-1-2-7-17-10-5-3-4-9-11(8-15)18-13(16)12(9)10/h3-5,11,16H,1-2,6-8,14-15H2. The Labute approximate surface area is 107 Å². The number of ether oxygens (including phenoxy) is 1. The monoisotopic (exact) mass is 250 g/mol. The minimum absolute atomic E-state index is 0.248. The second kappa shape index (κ2) is 6.20. The highest BCUT2D eigenvalue weighted by atomic mass is 16.5. The molecule has 5 N–H and O–H groups in total. The fourth-order valence-corrected chi connectivity index (χ4v) is 2.14. The van der Waals surface area contributed by atoms with Gasteiger partial charge in [0.2, 0.25) is 0 Å². The minimum Gasteiger partial charge on any atom is -0.494 e. The van der Waals surface area contributed by atoms with Crippen LogP contribution in [-0.2, 0) is 4.65 Å². The molecule has 0 saturated heterocycles. The molecular weight excluding hydrogens is 231 g/mol. The van der Waals surface area contributed by atoms with Crippen LogP contribution in [0.15, 0.2) is 18.2 Å². The summed E-state index contributed by atoms with van der Waals surface area (Å²) >= 11 is 0. The van der Waals surface area contributed by atoms with Gasteiger partial charge in [-0.1, -0.05) is 12.1 Å². The highest BCUT2D eigenvalue weighted by Crippen LogP contribution is 2.26. The molecule has 1 unspecified atom stereocenters. The summed E-state index contributed by atoms with van der Waals surface area (Å²) in [6, 6.07) is 5.64. The number of hydrogen-bond acceptors (Lipinski definition) is 5. The lowest BCUT2D eigenvalue weighted by atomic mass is 9.78. The van der Waals surface area contributed by atoms with Crippen molar-refractivity contribution in [2.75, 3.05) is 19.7 Å². The third-order valence-electron chi connectivity index (χ3n) is 3.06. The van der Waals surface area contributed by atoms with Gasteiger partial charge < -0.3 is 25.9 Å². The van der Waals surface area contributed by atoms with E-state index in [9.17, 15) is 5.02 Å². The summed E-state index contributed by atoms with van der Waals surface area (Å²) in [7, 11) is -0.945. The van der Waals surface area contributed by atoms with Crippen molar-refractivity contribution in [3.63, 3.8) is 0 Å². The average molecular weight is 250 g/mol. The zero-order chi connectivity index (χ0) is 13.0. The Morgan fingerprint density at radius 2 is 2.17 bits per heavy atom. The van der Waals surface area contributed by atoms with Crippen molar-refractivity contribution in [3.8, 4) is 5.75 Å². The fraction of sp³-hybridized carbons (Fsp3) is 0.500. The molecule has 0 amide bonds. The van der Waals surface area contributed by atoms with E-state index in [2.05, 4.69) is 0 Å². The van der Waals surface area contributed by atoms with E-state index in [1.54, 1.807) is 0 Å². The Kier molecular flexibility index (Phi) is 4.60. The maximum atomic E-state index is 9.89. The predicted molar refractivity (Wildman–Crippen MR) is 70.7 cm³/mol. The lowest BCUT2D eigenvalue weighted by Gasteiger charge is -2.11. The van der Waals surface area contributed by atoms with Crippen LogP contribution >= 0.6 is 0 Å². The maximum Gasteiger partial charge on any atom is 0.495 e. The first kappa shape index (κ1) is 13.4. The summed E-state index contributed by atoms with van der Waals surface area (Å²) < 4.78 is 11.1. The summed E-state index contributed by atoms with van der Waals surface area (Å²) in [5.41, 5.74) is 12.7. The number of unbranched alkanes of at least 4 members (excludes halogenated alkanes) is 1. The van der Waals surface area contributed by atoms with Gasteiger partial charge in [0.05, 0.1) is 12.7 Å². The van der Waals surface area contributed by atoms with E-state index in [-0.39, 0.29) is 6.10 Å². The van der Waals surface area contributed by atoms with Crippen LogP contribution in [0.25, 0.3) is 0 Å². The molecular formula is C12H19BN2O3. The first-order chi connectivity index (χ1) is 8.77. The molecule has 1 aliphatic heterocycles.